The second-order valence-corrected chi connectivity index (χ2v) is 5.95. The Balaban J connectivity index is 1.85. The fourth-order valence-electron chi connectivity index (χ4n) is 2.18. The van der Waals surface area contributed by atoms with Crippen LogP contribution in [0.25, 0.3) is 0 Å². The number of benzene rings is 1. The Morgan fingerprint density at radius 3 is 2.56 bits per heavy atom. The highest BCUT2D eigenvalue weighted by Gasteiger charge is 2.39. The minimum absolute atomic E-state index is 0.0194. The minimum Gasteiger partial charge on any atom is -0.295 e. The van der Waals surface area contributed by atoms with Gasteiger partial charge in [0.25, 0.3) is 0 Å². The van der Waals surface area contributed by atoms with Gasteiger partial charge < -0.3 is 0 Å². The quantitative estimate of drug-likeness (QED) is 0.595. The molecule has 1 fully saturated rings. The van der Waals surface area contributed by atoms with Crippen LogP contribution in [0.1, 0.15) is 36.5 Å². The van der Waals surface area contributed by atoms with E-state index in [4.69, 9.17) is 0 Å². The molecule has 0 radical (unpaired) electrons. The van der Waals surface area contributed by atoms with Crippen molar-refractivity contribution < 1.29 is 13.6 Å². The number of Topliss-reactive ketones (excluding diaryl/α,β-unsaturated/α-hetero) is 1. The number of rotatable bonds is 4. The summed E-state index contributed by atoms with van der Waals surface area (Å²) in [6.45, 7) is 1.53. The van der Waals surface area contributed by atoms with Crippen LogP contribution in [0.2, 0.25) is 0 Å². The van der Waals surface area contributed by atoms with E-state index in [1.54, 1.807) is 23.9 Å². The highest BCUT2D eigenvalue weighted by molar-refractivity contribution is 7.99. The van der Waals surface area contributed by atoms with Crippen LogP contribution < -0.4 is 0 Å². The molecule has 0 amide bonds. The van der Waals surface area contributed by atoms with Gasteiger partial charge in [-0.05, 0) is 31.4 Å². The van der Waals surface area contributed by atoms with Crippen molar-refractivity contribution in [1.82, 2.24) is 0 Å². The number of hydrogen-bond donors (Lipinski definition) is 0. The molecule has 1 unspecified atom stereocenters. The lowest BCUT2D eigenvalue weighted by molar-refractivity contribution is 0.00596. The lowest BCUT2D eigenvalue weighted by Gasteiger charge is -2.10. The van der Waals surface area contributed by atoms with Crippen LogP contribution in [0.15, 0.2) is 29.2 Å². The Kier molecular flexibility index (Phi) is 4.05. The molecule has 0 saturated heterocycles. The number of carbonyl (C=O) groups is 1. The number of ketones is 1. The molecule has 1 aliphatic rings. The first-order valence-corrected chi connectivity index (χ1v) is 7.06. The van der Waals surface area contributed by atoms with Gasteiger partial charge in [0.1, 0.15) is 0 Å². The van der Waals surface area contributed by atoms with Gasteiger partial charge in [-0.2, -0.15) is 0 Å². The summed E-state index contributed by atoms with van der Waals surface area (Å²) in [5, 5.41) is 0. The molecule has 0 aliphatic heterocycles. The topological polar surface area (TPSA) is 17.1 Å². The molecule has 4 heteroatoms. The molecule has 98 valence electrons. The van der Waals surface area contributed by atoms with E-state index in [9.17, 15) is 13.6 Å². The van der Waals surface area contributed by atoms with E-state index in [1.165, 1.54) is 6.92 Å². The van der Waals surface area contributed by atoms with E-state index in [2.05, 4.69) is 0 Å². The van der Waals surface area contributed by atoms with Crippen LogP contribution in [0.5, 0.6) is 0 Å². The Morgan fingerprint density at radius 1 is 1.39 bits per heavy atom. The molecule has 1 nitrogen and oxygen atoms in total. The van der Waals surface area contributed by atoms with Gasteiger partial charge >= 0.3 is 0 Å². The summed E-state index contributed by atoms with van der Waals surface area (Å²) in [5.41, 5.74) is 0.687. The molecule has 1 aliphatic carbocycles. The second-order valence-electron chi connectivity index (χ2n) is 4.86. The molecule has 0 spiro atoms. The smallest absolute Gasteiger partial charge is 0.248 e. The molecule has 1 aromatic carbocycles. The molecule has 0 N–H and O–H groups in total. The standard InChI is InChI=1S/C14H16F2OS/c1-10(17)12-2-4-13(5-3-12)18-9-11-6-7-14(15,16)8-11/h2-5,11H,6-9H2,1H3. The Labute approximate surface area is 110 Å². The largest absolute Gasteiger partial charge is 0.295 e. The van der Waals surface area contributed by atoms with Crippen molar-refractivity contribution in [3.8, 4) is 0 Å². The molecule has 1 saturated carbocycles. The number of hydrogen-bond acceptors (Lipinski definition) is 2. The summed E-state index contributed by atoms with van der Waals surface area (Å²) in [4.78, 5) is 12.1. The van der Waals surface area contributed by atoms with E-state index in [0.29, 0.717) is 12.0 Å². The maximum absolute atomic E-state index is 13.0. The van der Waals surface area contributed by atoms with E-state index in [0.717, 1.165) is 10.6 Å². The number of alkyl halides is 2. The summed E-state index contributed by atoms with van der Waals surface area (Å²) in [7, 11) is 0. The first-order valence-electron chi connectivity index (χ1n) is 6.08. The van der Waals surface area contributed by atoms with Crippen molar-refractivity contribution in [3.63, 3.8) is 0 Å². The van der Waals surface area contributed by atoms with Gasteiger partial charge in [0.15, 0.2) is 5.78 Å². The van der Waals surface area contributed by atoms with Gasteiger partial charge in [-0.1, -0.05) is 12.1 Å². The molecular formula is C14H16F2OS. The van der Waals surface area contributed by atoms with E-state index < -0.39 is 5.92 Å². The average Bonchev–Trinajstić information content (AvgIpc) is 2.67. The van der Waals surface area contributed by atoms with Crippen molar-refractivity contribution in [2.45, 2.75) is 37.0 Å². The maximum Gasteiger partial charge on any atom is 0.248 e. The van der Waals surface area contributed by atoms with Gasteiger partial charge in [0.05, 0.1) is 0 Å². The van der Waals surface area contributed by atoms with Crippen molar-refractivity contribution in [2.24, 2.45) is 5.92 Å². The van der Waals surface area contributed by atoms with Crippen LogP contribution in [0.4, 0.5) is 8.78 Å². The molecule has 0 bridgehead atoms. The average molecular weight is 270 g/mol. The normalized spacial score (nSPS) is 22.1. The van der Waals surface area contributed by atoms with Gasteiger partial charge in [-0.3, -0.25) is 4.79 Å². The SMILES string of the molecule is CC(=O)c1ccc(SCC2CCC(F)(F)C2)cc1. The Morgan fingerprint density at radius 2 is 2.06 bits per heavy atom. The van der Waals surface area contributed by atoms with E-state index in [1.807, 2.05) is 12.1 Å². The molecule has 0 heterocycles. The molecule has 18 heavy (non-hydrogen) atoms. The van der Waals surface area contributed by atoms with Crippen molar-refractivity contribution >= 4 is 17.5 Å². The van der Waals surface area contributed by atoms with Gasteiger partial charge in [0, 0.05) is 29.1 Å². The summed E-state index contributed by atoms with van der Waals surface area (Å²) in [5.74, 6) is -1.57. The van der Waals surface area contributed by atoms with Crippen molar-refractivity contribution in [2.75, 3.05) is 5.75 Å². The summed E-state index contributed by atoms with van der Waals surface area (Å²) in [6, 6.07) is 7.34. The number of carbonyl (C=O) groups excluding carboxylic acids is 1. The van der Waals surface area contributed by atoms with E-state index in [-0.39, 0.29) is 24.5 Å². The fraction of sp³-hybridized carbons (Fsp3) is 0.500. The van der Waals surface area contributed by atoms with Crippen molar-refractivity contribution in [1.29, 1.82) is 0 Å². The Hall–Kier alpha value is -0.900. The first kappa shape index (κ1) is 13.5. The lowest BCUT2D eigenvalue weighted by atomic mass is 10.1. The first-order chi connectivity index (χ1) is 8.46. The fourth-order valence-corrected chi connectivity index (χ4v) is 3.23. The molecular weight excluding hydrogens is 254 g/mol. The highest BCUT2D eigenvalue weighted by atomic mass is 32.2. The highest BCUT2D eigenvalue weighted by Crippen LogP contribution is 2.40. The zero-order chi connectivity index (χ0) is 13.2. The molecule has 2 rings (SSSR count). The summed E-state index contributed by atoms with van der Waals surface area (Å²) < 4.78 is 26.0. The lowest BCUT2D eigenvalue weighted by Crippen LogP contribution is -2.10. The van der Waals surface area contributed by atoms with Gasteiger partial charge in [0.2, 0.25) is 5.92 Å². The van der Waals surface area contributed by atoms with Crippen LogP contribution in [0, 0.1) is 5.92 Å². The van der Waals surface area contributed by atoms with Crippen LogP contribution in [-0.2, 0) is 0 Å². The predicted molar refractivity (Wildman–Crippen MR) is 69.5 cm³/mol. The Bertz CT molecular complexity index is 428. The summed E-state index contributed by atoms with van der Waals surface area (Å²) in [6.07, 6.45) is 0.665. The van der Waals surface area contributed by atoms with E-state index >= 15 is 0 Å². The monoisotopic (exact) mass is 270 g/mol. The zero-order valence-corrected chi connectivity index (χ0v) is 11.1. The van der Waals surface area contributed by atoms with Crippen LogP contribution in [-0.4, -0.2) is 17.5 Å². The van der Waals surface area contributed by atoms with Gasteiger partial charge in [-0.15, -0.1) is 11.8 Å². The van der Waals surface area contributed by atoms with Crippen molar-refractivity contribution in [3.05, 3.63) is 29.8 Å². The molecule has 1 atom stereocenters. The van der Waals surface area contributed by atoms with Crippen LogP contribution in [0.3, 0.4) is 0 Å². The second kappa shape index (κ2) is 5.39. The number of thioether (sulfide) groups is 1. The number of halogens is 2. The molecule has 1 aromatic rings. The zero-order valence-electron chi connectivity index (χ0n) is 10.3. The summed E-state index contributed by atoms with van der Waals surface area (Å²) >= 11 is 1.59. The molecule has 0 aromatic heterocycles. The van der Waals surface area contributed by atoms with Gasteiger partial charge in [-0.25, -0.2) is 8.78 Å². The third kappa shape index (κ3) is 3.55. The van der Waals surface area contributed by atoms with Crippen LogP contribution >= 0.6 is 11.8 Å². The third-order valence-electron chi connectivity index (χ3n) is 3.25. The maximum atomic E-state index is 13.0. The minimum atomic E-state index is -2.45. The predicted octanol–water partition coefficient (Wildman–Crippen LogP) is 4.42. The third-order valence-corrected chi connectivity index (χ3v) is 4.50.